The number of anilines is 1. The second-order valence-electron chi connectivity index (χ2n) is 6.14. The summed E-state index contributed by atoms with van der Waals surface area (Å²) in [6, 6.07) is 6.07. The Morgan fingerprint density at radius 1 is 1.15 bits per heavy atom. The number of nitrogens with one attached hydrogen (secondary N) is 1. The molecule has 0 aliphatic heterocycles. The number of carbonyl (C=O) groups excluding carboxylic acids is 1. The van der Waals surface area contributed by atoms with E-state index in [9.17, 15) is 23.5 Å². The molecule has 142 valence electrons. The minimum atomic E-state index is -1.20. The lowest BCUT2D eigenvalue weighted by molar-refractivity contribution is -0.117. The zero-order valence-electron chi connectivity index (χ0n) is 14.6. The summed E-state index contributed by atoms with van der Waals surface area (Å²) in [6.45, 7) is 0. The van der Waals surface area contributed by atoms with Crippen molar-refractivity contribution in [2.75, 3.05) is 19.5 Å². The van der Waals surface area contributed by atoms with E-state index in [1.165, 1.54) is 32.4 Å². The number of hydrogen-bond donors (Lipinski definition) is 2. The van der Waals surface area contributed by atoms with Gasteiger partial charge in [0.05, 0.1) is 25.5 Å². The molecule has 6 nitrogen and oxygen atoms in total. The van der Waals surface area contributed by atoms with Crippen LogP contribution >= 0.6 is 0 Å². The average Bonchev–Trinajstić information content (AvgIpc) is 3.41. The number of benzene rings is 2. The fourth-order valence-electron chi connectivity index (χ4n) is 3.07. The van der Waals surface area contributed by atoms with Crippen molar-refractivity contribution in [2.24, 2.45) is 5.92 Å². The lowest BCUT2D eigenvalue weighted by Crippen LogP contribution is -2.16. The van der Waals surface area contributed by atoms with Gasteiger partial charge in [-0.2, -0.15) is 0 Å². The number of amides is 1. The van der Waals surface area contributed by atoms with Crippen LogP contribution in [0.25, 0.3) is 0 Å². The number of halogens is 2. The van der Waals surface area contributed by atoms with Crippen LogP contribution < -0.4 is 14.8 Å². The molecule has 3 rings (SSSR count). The van der Waals surface area contributed by atoms with Gasteiger partial charge in [0, 0.05) is 17.4 Å². The first-order chi connectivity index (χ1) is 12.9. The summed E-state index contributed by atoms with van der Waals surface area (Å²) in [7, 11) is 2.69. The Hall–Kier alpha value is -3.16. The van der Waals surface area contributed by atoms with E-state index >= 15 is 0 Å². The molecule has 0 radical (unpaired) electrons. The highest BCUT2D eigenvalue weighted by Crippen LogP contribution is 2.50. The maximum absolute atomic E-state index is 13.9. The number of carboxylic acids is 1. The van der Waals surface area contributed by atoms with Crippen LogP contribution in [-0.2, 0) is 4.79 Å². The molecule has 0 spiro atoms. The van der Waals surface area contributed by atoms with Gasteiger partial charge in [0.15, 0.2) is 11.5 Å². The third-order valence-corrected chi connectivity index (χ3v) is 4.48. The normalized spacial score (nSPS) is 17.9. The SMILES string of the molecule is COc1cc(C(=O)O)cc(NC(=O)C2CC2c2c(F)cccc2F)c1OC. The van der Waals surface area contributed by atoms with Gasteiger partial charge in [-0.25, -0.2) is 13.6 Å². The Bertz CT molecular complexity index is 895. The predicted molar refractivity (Wildman–Crippen MR) is 92.3 cm³/mol. The highest BCUT2D eigenvalue weighted by Gasteiger charge is 2.46. The first kappa shape index (κ1) is 18.6. The lowest BCUT2D eigenvalue weighted by Gasteiger charge is -2.15. The van der Waals surface area contributed by atoms with Gasteiger partial charge in [0.1, 0.15) is 11.6 Å². The minimum absolute atomic E-state index is 0.101. The van der Waals surface area contributed by atoms with E-state index in [0.29, 0.717) is 6.42 Å². The average molecular weight is 377 g/mol. The Morgan fingerprint density at radius 3 is 2.37 bits per heavy atom. The molecule has 1 aliphatic rings. The molecule has 0 aromatic heterocycles. The van der Waals surface area contributed by atoms with Crippen molar-refractivity contribution in [2.45, 2.75) is 12.3 Å². The molecule has 2 aromatic rings. The lowest BCUT2D eigenvalue weighted by atomic mass is 10.1. The summed E-state index contributed by atoms with van der Waals surface area (Å²) < 4.78 is 38.1. The molecule has 2 atom stereocenters. The molecule has 1 saturated carbocycles. The minimum Gasteiger partial charge on any atom is -0.493 e. The summed E-state index contributed by atoms with van der Waals surface area (Å²) in [5.74, 6) is -3.97. The Balaban J connectivity index is 1.85. The molecule has 27 heavy (non-hydrogen) atoms. The van der Waals surface area contributed by atoms with Crippen LogP contribution in [0.3, 0.4) is 0 Å². The zero-order valence-corrected chi connectivity index (χ0v) is 14.6. The van der Waals surface area contributed by atoms with Crippen LogP contribution in [0, 0.1) is 17.6 Å². The standard InChI is InChI=1S/C19H17F2NO5/c1-26-15-7-9(19(24)25)6-14(17(15)27-2)22-18(23)11-8-10(11)16-12(20)4-3-5-13(16)21/h3-7,10-11H,8H2,1-2H3,(H,22,23)(H,24,25). The van der Waals surface area contributed by atoms with E-state index < -0.39 is 35.3 Å². The molecular formula is C19H17F2NO5. The van der Waals surface area contributed by atoms with Gasteiger partial charge in [-0.3, -0.25) is 4.79 Å². The molecule has 2 aromatic carbocycles. The number of aromatic carboxylic acids is 1. The first-order valence-electron chi connectivity index (χ1n) is 8.11. The smallest absolute Gasteiger partial charge is 0.335 e. The van der Waals surface area contributed by atoms with Crippen molar-refractivity contribution in [1.29, 1.82) is 0 Å². The monoisotopic (exact) mass is 377 g/mol. The van der Waals surface area contributed by atoms with Crippen LogP contribution in [-0.4, -0.2) is 31.2 Å². The molecule has 8 heteroatoms. The number of rotatable bonds is 6. The van der Waals surface area contributed by atoms with E-state index in [4.69, 9.17) is 9.47 Å². The van der Waals surface area contributed by atoms with E-state index in [1.807, 2.05) is 0 Å². The van der Waals surface area contributed by atoms with E-state index in [-0.39, 0.29) is 28.3 Å². The molecule has 0 bridgehead atoms. The van der Waals surface area contributed by atoms with Crippen molar-refractivity contribution in [3.63, 3.8) is 0 Å². The summed E-state index contributed by atoms with van der Waals surface area (Å²) in [6.07, 6.45) is 0.293. The predicted octanol–water partition coefficient (Wildman–Crippen LogP) is 3.42. The Labute approximate surface area is 153 Å². The number of methoxy groups -OCH3 is 2. The number of carbonyl (C=O) groups is 2. The Morgan fingerprint density at radius 2 is 1.81 bits per heavy atom. The molecule has 1 amide bonds. The third-order valence-electron chi connectivity index (χ3n) is 4.48. The van der Waals surface area contributed by atoms with Crippen molar-refractivity contribution in [3.8, 4) is 11.5 Å². The van der Waals surface area contributed by atoms with Gasteiger partial charge in [-0.15, -0.1) is 0 Å². The summed E-state index contributed by atoms with van der Waals surface area (Å²) >= 11 is 0. The van der Waals surface area contributed by atoms with Crippen molar-refractivity contribution >= 4 is 17.6 Å². The molecule has 0 saturated heterocycles. The van der Waals surface area contributed by atoms with E-state index in [1.54, 1.807) is 0 Å². The zero-order chi connectivity index (χ0) is 19.7. The number of ether oxygens (including phenoxy) is 2. The van der Waals surface area contributed by atoms with Crippen LogP contribution in [0.2, 0.25) is 0 Å². The van der Waals surface area contributed by atoms with Gasteiger partial charge >= 0.3 is 5.97 Å². The summed E-state index contributed by atoms with van der Waals surface area (Å²) in [5, 5.41) is 11.8. The van der Waals surface area contributed by atoms with Crippen LogP contribution in [0.15, 0.2) is 30.3 Å². The fourth-order valence-corrected chi connectivity index (χ4v) is 3.07. The van der Waals surface area contributed by atoms with Gasteiger partial charge in [-0.05, 0) is 30.7 Å². The number of hydrogen-bond acceptors (Lipinski definition) is 4. The summed E-state index contributed by atoms with van der Waals surface area (Å²) in [5.41, 5.74) is -0.101. The fraction of sp³-hybridized carbons (Fsp3) is 0.263. The van der Waals surface area contributed by atoms with Gasteiger partial charge in [0.2, 0.25) is 5.91 Å². The van der Waals surface area contributed by atoms with Crippen LogP contribution in [0.4, 0.5) is 14.5 Å². The molecule has 2 unspecified atom stereocenters. The maximum atomic E-state index is 13.9. The van der Waals surface area contributed by atoms with Crippen molar-refractivity contribution in [3.05, 3.63) is 53.1 Å². The summed E-state index contributed by atoms with van der Waals surface area (Å²) in [4.78, 5) is 23.8. The highest BCUT2D eigenvalue weighted by atomic mass is 19.1. The van der Waals surface area contributed by atoms with E-state index in [0.717, 1.165) is 12.1 Å². The second kappa shape index (κ2) is 7.22. The highest BCUT2D eigenvalue weighted by molar-refractivity contribution is 5.99. The molecular weight excluding hydrogens is 360 g/mol. The Kier molecular flexibility index (Phi) is 4.98. The van der Waals surface area contributed by atoms with Gasteiger partial charge < -0.3 is 19.9 Å². The quantitative estimate of drug-likeness (QED) is 0.806. The number of carboxylic acid groups (broad SMARTS) is 1. The van der Waals surface area contributed by atoms with Gasteiger partial charge in [-0.1, -0.05) is 6.07 Å². The van der Waals surface area contributed by atoms with Crippen molar-refractivity contribution < 1.29 is 33.0 Å². The largest absolute Gasteiger partial charge is 0.493 e. The van der Waals surface area contributed by atoms with Crippen LogP contribution in [0.5, 0.6) is 11.5 Å². The van der Waals surface area contributed by atoms with Gasteiger partial charge in [0.25, 0.3) is 0 Å². The molecule has 1 aliphatic carbocycles. The molecule has 2 N–H and O–H groups in total. The molecule has 1 fully saturated rings. The van der Waals surface area contributed by atoms with Crippen LogP contribution in [0.1, 0.15) is 28.3 Å². The second-order valence-corrected chi connectivity index (χ2v) is 6.14. The van der Waals surface area contributed by atoms with Crippen molar-refractivity contribution in [1.82, 2.24) is 0 Å². The molecule has 0 heterocycles. The van der Waals surface area contributed by atoms with E-state index in [2.05, 4.69) is 5.32 Å². The first-order valence-corrected chi connectivity index (χ1v) is 8.11. The maximum Gasteiger partial charge on any atom is 0.335 e. The third kappa shape index (κ3) is 3.55. The topological polar surface area (TPSA) is 84.9 Å².